The van der Waals surface area contributed by atoms with Crippen molar-refractivity contribution in [2.75, 3.05) is 33.3 Å². The van der Waals surface area contributed by atoms with Crippen molar-refractivity contribution >= 4 is 0 Å². The summed E-state index contributed by atoms with van der Waals surface area (Å²) in [6, 6.07) is 9.08. The first-order chi connectivity index (χ1) is 8.69. The van der Waals surface area contributed by atoms with Gasteiger partial charge in [0.1, 0.15) is 5.75 Å². The van der Waals surface area contributed by atoms with Gasteiger partial charge in [-0.05, 0) is 31.5 Å². The summed E-state index contributed by atoms with van der Waals surface area (Å²) in [6.07, 6.45) is 0. The van der Waals surface area contributed by atoms with E-state index in [0.717, 1.165) is 12.3 Å². The van der Waals surface area contributed by atoms with Crippen molar-refractivity contribution in [3.63, 3.8) is 0 Å². The zero-order valence-corrected chi connectivity index (χ0v) is 11.7. The van der Waals surface area contributed by atoms with Crippen LogP contribution in [0.1, 0.15) is 19.4 Å². The molecule has 1 aromatic carbocycles. The molecule has 18 heavy (non-hydrogen) atoms. The van der Waals surface area contributed by atoms with Crippen molar-refractivity contribution in [2.24, 2.45) is 0 Å². The molecule has 0 spiro atoms. The smallest absolute Gasteiger partial charge is 0.118 e. The third-order valence-electron chi connectivity index (χ3n) is 3.70. The van der Waals surface area contributed by atoms with E-state index in [-0.39, 0.29) is 0 Å². The molecule has 1 heterocycles. The average molecular weight is 248 g/mol. The molecule has 0 aromatic heterocycles. The lowest BCUT2D eigenvalue weighted by Gasteiger charge is -2.36. The van der Waals surface area contributed by atoms with Crippen molar-refractivity contribution < 1.29 is 4.74 Å². The maximum absolute atomic E-state index is 5.18. The van der Waals surface area contributed by atoms with Crippen LogP contribution in [0.25, 0.3) is 0 Å². The van der Waals surface area contributed by atoms with Crippen LogP contribution in [0.3, 0.4) is 0 Å². The molecule has 2 rings (SSSR count). The Bertz CT molecular complexity index is 353. The highest BCUT2D eigenvalue weighted by atomic mass is 16.5. The number of nitrogens with zero attached hydrogens (tertiary/aromatic N) is 2. The van der Waals surface area contributed by atoms with E-state index in [2.05, 4.69) is 35.8 Å². The van der Waals surface area contributed by atoms with E-state index < -0.39 is 0 Å². The molecule has 1 aromatic rings. The molecule has 0 bridgehead atoms. The molecular weight excluding hydrogens is 224 g/mol. The minimum atomic E-state index is 0.674. The van der Waals surface area contributed by atoms with E-state index in [0.29, 0.717) is 6.04 Å². The lowest BCUT2D eigenvalue weighted by molar-refractivity contribution is 0.104. The van der Waals surface area contributed by atoms with Gasteiger partial charge in [-0.25, -0.2) is 0 Å². The Labute approximate surface area is 110 Å². The molecule has 3 nitrogen and oxygen atoms in total. The Morgan fingerprint density at radius 1 is 1.06 bits per heavy atom. The van der Waals surface area contributed by atoms with Crippen LogP contribution in [0.15, 0.2) is 24.3 Å². The number of piperazine rings is 1. The number of rotatable bonds is 4. The highest BCUT2D eigenvalue weighted by Gasteiger charge is 2.18. The molecule has 100 valence electrons. The summed E-state index contributed by atoms with van der Waals surface area (Å²) in [5.41, 5.74) is 1.37. The first kappa shape index (κ1) is 13.4. The molecule has 3 heteroatoms. The Morgan fingerprint density at radius 3 is 2.17 bits per heavy atom. The molecule has 0 saturated carbocycles. The molecular formula is C15H24N2O. The molecule has 1 aliphatic heterocycles. The average Bonchev–Trinajstić information content (AvgIpc) is 2.40. The van der Waals surface area contributed by atoms with Crippen LogP contribution in [-0.2, 0) is 6.54 Å². The van der Waals surface area contributed by atoms with Crippen molar-refractivity contribution in [3.05, 3.63) is 29.8 Å². The Balaban J connectivity index is 1.83. The van der Waals surface area contributed by atoms with Crippen molar-refractivity contribution in [1.29, 1.82) is 0 Å². The van der Waals surface area contributed by atoms with E-state index in [1.54, 1.807) is 7.11 Å². The molecule has 1 aliphatic rings. The highest BCUT2D eigenvalue weighted by Crippen LogP contribution is 2.14. The van der Waals surface area contributed by atoms with Crippen LogP contribution in [0.5, 0.6) is 5.75 Å². The van der Waals surface area contributed by atoms with E-state index >= 15 is 0 Å². The maximum atomic E-state index is 5.18. The van der Waals surface area contributed by atoms with Crippen LogP contribution in [0.4, 0.5) is 0 Å². The fourth-order valence-electron chi connectivity index (χ4n) is 2.43. The monoisotopic (exact) mass is 248 g/mol. The molecule has 1 saturated heterocycles. The summed E-state index contributed by atoms with van der Waals surface area (Å²) >= 11 is 0. The van der Waals surface area contributed by atoms with Gasteiger partial charge in [0.05, 0.1) is 7.11 Å². The Morgan fingerprint density at radius 2 is 1.67 bits per heavy atom. The van der Waals surface area contributed by atoms with Gasteiger partial charge in [0.25, 0.3) is 0 Å². The topological polar surface area (TPSA) is 15.7 Å². The SMILES string of the molecule is COc1ccc(CN2CCN(C(C)C)CC2)cc1. The normalized spacial score (nSPS) is 18.2. The van der Waals surface area contributed by atoms with Crippen LogP contribution >= 0.6 is 0 Å². The molecule has 1 fully saturated rings. The second-order valence-electron chi connectivity index (χ2n) is 5.25. The number of benzene rings is 1. The van der Waals surface area contributed by atoms with E-state index in [9.17, 15) is 0 Å². The Kier molecular flexibility index (Phi) is 4.61. The van der Waals surface area contributed by atoms with Gasteiger partial charge in [0.15, 0.2) is 0 Å². The largest absolute Gasteiger partial charge is 0.497 e. The number of methoxy groups -OCH3 is 1. The molecule has 0 N–H and O–H groups in total. The highest BCUT2D eigenvalue weighted by molar-refractivity contribution is 5.27. The summed E-state index contributed by atoms with van der Waals surface area (Å²) in [5, 5.41) is 0. The van der Waals surface area contributed by atoms with Crippen LogP contribution in [0, 0.1) is 0 Å². The predicted molar refractivity (Wildman–Crippen MR) is 75.0 cm³/mol. The summed E-state index contributed by atoms with van der Waals surface area (Å²) in [7, 11) is 1.71. The second kappa shape index (κ2) is 6.21. The first-order valence-corrected chi connectivity index (χ1v) is 6.78. The van der Waals surface area contributed by atoms with Gasteiger partial charge in [0.2, 0.25) is 0 Å². The summed E-state index contributed by atoms with van der Waals surface area (Å²) in [4.78, 5) is 5.07. The van der Waals surface area contributed by atoms with Crippen molar-refractivity contribution in [1.82, 2.24) is 9.80 Å². The molecule has 0 aliphatic carbocycles. The molecule has 0 unspecified atom stereocenters. The Hall–Kier alpha value is -1.06. The van der Waals surface area contributed by atoms with Gasteiger partial charge < -0.3 is 4.74 Å². The number of ether oxygens (including phenoxy) is 1. The fraction of sp³-hybridized carbons (Fsp3) is 0.600. The molecule has 0 radical (unpaired) electrons. The van der Waals surface area contributed by atoms with Gasteiger partial charge >= 0.3 is 0 Å². The van der Waals surface area contributed by atoms with Gasteiger partial charge in [0, 0.05) is 38.8 Å². The van der Waals surface area contributed by atoms with E-state index in [1.165, 1.54) is 31.7 Å². The minimum absolute atomic E-state index is 0.674. The van der Waals surface area contributed by atoms with E-state index in [4.69, 9.17) is 4.74 Å². The number of hydrogen-bond acceptors (Lipinski definition) is 3. The fourth-order valence-corrected chi connectivity index (χ4v) is 2.43. The van der Waals surface area contributed by atoms with Crippen molar-refractivity contribution in [3.8, 4) is 5.75 Å². The lowest BCUT2D eigenvalue weighted by atomic mass is 10.2. The number of hydrogen-bond donors (Lipinski definition) is 0. The van der Waals surface area contributed by atoms with Gasteiger partial charge in [-0.15, -0.1) is 0 Å². The zero-order valence-electron chi connectivity index (χ0n) is 11.7. The summed E-state index contributed by atoms with van der Waals surface area (Å²) in [6.45, 7) is 10.3. The zero-order chi connectivity index (χ0) is 13.0. The standard InChI is InChI=1S/C15H24N2O/c1-13(2)17-10-8-16(9-11-17)12-14-4-6-15(18-3)7-5-14/h4-7,13H,8-12H2,1-3H3. The van der Waals surface area contributed by atoms with Crippen LogP contribution in [-0.4, -0.2) is 49.1 Å². The molecule has 0 atom stereocenters. The van der Waals surface area contributed by atoms with Gasteiger partial charge in [-0.2, -0.15) is 0 Å². The lowest BCUT2D eigenvalue weighted by Crippen LogP contribution is -2.48. The summed E-state index contributed by atoms with van der Waals surface area (Å²) < 4.78 is 5.18. The predicted octanol–water partition coefficient (Wildman–Crippen LogP) is 2.22. The third-order valence-corrected chi connectivity index (χ3v) is 3.70. The third kappa shape index (κ3) is 3.47. The van der Waals surface area contributed by atoms with E-state index in [1.807, 2.05) is 12.1 Å². The quantitative estimate of drug-likeness (QED) is 0.812. The maximum Gasteiger partial charge on any atom is 0.118 e. The van der Waals surface area contributed by atoms with Gasteiger partial charge in [-0.1, -0.05) is 12.1 Å². The minimum Gasteiger partial charge on any atom is -0.497 e. The van der Waals surface area contributed by atoms with Crippen LogP contribution in [0.2, 0.25) is 0 Å². The first-order valence-electron chi connectivity index (χ1n) is 6.78. The second-order valence-corrected chi connectivity index (χ2v) is 5.25. The van der Waals surface area contributed by atoms with Crippen LogP contribution < -0.4 is 4.74 Å². The molecule has 0 amide bonds. The van der Waals surface area contributed by atoms with Crippen molar-refractivity contribution in [2.45, 2.75) is 26.4 Å². The summed E-state index contributed by atoms with van der Waals surface area (Å²) in [5.74, 6) is 0.934. The van der Waals surface area contributed by atoms with Gasteiger partial charge in [-0.3, -0.25) is 9.80 Å².